The van der Waals surface area contributed by atoms with E-state index in [-0.39, 0.29) is 18.0 Å². The molecule has 0 spiro atoms. The van der Waals surface area contributed by atoms with Crippen LogP contribution in [0.2, 0.25) is 5.02 Å². The van der Waals surface area contributed by atoms with E-state index >= 15 is 0 Å². The van der Waals surface area contributed by atoms with Gasteiger partial charge in [-0.2, -0.15) is 0 Å². The van der Waals surface area contributed by atoms with Crippen molar-refractivity contribution in [2.24, 2.45) is 0 Å². The van der Waals surface area contributed by atoms with E-state index in [1.54, 1.807) is 13.0 Å². The highest BCUT2D eigenvalue weighted by Gasteiger charge is 2.46. The van der Waals surface area contributed by atoms with Crippen LogP contribution in [0.5, 0.6) is 0 Å². The maximum Gasteiger partial charge on any atom is 0.408 e. The number of hydrogen-bond acceptors (Lipinski definition) is 2. The van der Waals surface area contributed by atoms with E-state index in [2.05, 4.69) is 10.1 Å². The van der Waals surface area contributed by atoms with Crippen molar-refractivity contribution in [3.63, 3.8) is 0 Å². The first-order chi connectivity index (χ1) is 7.90. The Kier molecular flexibility index (Phi) is 4.40. The molecule has 0 unspecified atom stereocenters. The minimum atomic E-state index is -3.15. The molecule has 1 aromatic carbocycles. The molecule has 100 valence electrons. The SMILES string of the molecule is Cc1ccc([C@@H]2NC(=O)OCC2(F)F)cc1Cl.Cl. The summed E-state index contributed by atoms with van der Waals surface area (Å²) in [6.45, 7) is 0.849. The highest BCUT2D eigenvalue weighted by atomic mass is 35.5. The van der Waals surface area contributed by atoms with Crippen LogP contribution >= 0.6 is 24.0 Å². The Morgan fingerprint density at radius 1 is 1.50 bits per heavy atom. The standard InChI is InChI=1S/C11H10ClF2NO2.ClH/c1-6-2-3-7(4-8(6)12)9-11(13,14)5-17-10(16)15-9;/h2-4,9H,5H2,1H3,(H,15,16);1H/t9-;/m0./s1. The molecular formula is C11H11Cl2F2NO2. The van der Waals surface area contributed by atoms with Gasteiger partial charge in [0, 0.05) is 5.02 Å². The summed E-state index contributed by atoms with van der Waals surface area (Å²) in [7, 11) is 0. The van der Waals surface area contributed by atoms with Gasteiger partial charge in [0.05, 0.1) is 0 Å². The van der Waals surface area contributed by atoms with E-state index in [0.29, 0.717) is 5.02 Å². The van der Waals surface area contributed by atoms with Gasteiger partial charge < -0.3 is 10.1 Å². The Balaban J connectivity index is 0.00000162. The molecular weight excluding hydrogens is 287 g/mol. The van der Waals surface area contributed by atoms with Crippen molar-refractivity contribution in [3.05, 3.63) is 34.3 Å². The molecule has 0 bridgehead atoms. The molecule has 0 aromatic heterocycles. The second-order valence-electron chi connectivity index (χ2n) is 3.92. The Hall–Kier alpha value is -1.07. The smallest absolute Gasteiger partial charge is 0.408 e. The van der Waals surface area contributed by atoms with E-state index in [4.69, 9.17) is 11.6 Å². The highest BCUT2D eigenvalue weighted by Crippen LogP contribution is 2.35. The van der Waals surface area contributed by atoms with Crippen molar-refractivity contribution < 1.29 is 18.3 Å². The second-order valence-corrected chi connectivity index (χ2v) is 4.33. The number of alkyl halides is 2. The van der Waals surface area contributed by atoms with Gasteiger partial charge >= 0.3 is 12.0 Å². The summed E-state index contributed by atoms with van der Waals surface area (Å²) < 4.78 is 31.4. The molecule has 1 aliphatic rings. The van der Waals surface area contributed by atoms with Gasteiger partial charge in [0.25, 0.3) is 0 Å². The largest absolute Gasteiger partial charge is 0.443 e. The molecule has 1 fully saturated rings. The molecule has 1 N–H and O–H groups in total. The Morgan fingerprint density at radius 2 is 2.17 bits per heavy atom. The molecule has 7 heteroatoms. The van der Waals surface area contributed by atoms with Crippen LogP contribution in [0.4, 0.5) is 13.6 Å². The topological polar surface area (TPSA) is 38.3 Å². The number of benzene rings is 1. The first kappa shape index (κ1) is 15.0. The summed E-state index contributed by atoms with van der Waals surface area (Å²) in [5.41, 5.74) is 1.05. The number of carbonyl (C=O) groups is 1. The number of ether oxygens (including phenoxy) is 1. The van der Waals surface area contributed by atoms with Gasteiger partial charge in [-0.1, -0.05) is 23.7 Å². The van der Waals surface area contributed by atoms with Gasteiger partial charge in [-0.3, -0.25) is 0 Å². The Morgan fingerprint density at radius 3 is 2.78 bits per heavy atom. The maximum atomic E-state index is 13.6. The van der Waals surface area contributed by atoms with Crippen LogP contribution in [0.15, 0.2) is 18.2 Å². The summed E-state index contributed by atoms with van der Waals surface area (Å²) in [5, 5.41) is 2.49. The quantitative estimate of drug-likeness (QED) is 0.862. The number of hydrogen-bond donors (Lipinski definition) is 1. The van der Waals surface area contributed by atoms with E-state index in [9.17, 15) is 13.6 Å². The minimum absolute atomic E-state index is 0. The molecule has 0 radical (unpaired) electrons. The summed E-state index contributed by atoms with van der Waals surface area (Å²) >= 11 is 5.87. The summed E-state index contributed by atoms with van der Waals surface area (Å²) in [4.78, 5) is 11.0. The number of carbonyl (C=O) groups excluding carboxylic acids is 1. The normalized spacial score (nSPS) is 21.6. The van der Waals surface area contributed by atoms with Crippen LogP contribution in [0.25, 0.3) is 0 Å². The zero-order chi connectivity index (χ0) is 12.6. The lowest BCUT2D eigenvalue weighted by atomic mass is 9.99. The van der Waals surface area contributed by atoms with Crippen LogP contribution in [-0.4, -0.2) is 18.6 Å². The van der Waals surface area contributed by atoms with Crippen molar-refractivity contribution >= 4 is 30.1 Å². The third-order valence-corrected chi connectivity index (χ3v) is 3.02. The minimum Gasteiger partial charge on any atom is -0.443 e. The molecule has 1 heterocycles. The first-order valence-electron chi connectivity index (χ1n) is 4.97. The van der Waals surface area contributed by atoms with Crippen LogP contribution in [0.1, 0.15) is 17.2 Å². The van der Waals surface area contributed by atoms with Gasteiger partial charge in [-0.15, -0.1) is 12.4 Å². The fourth-order valence-corrected chi connectivity index (χ4v) is 1.82. The van der Waals surface area contributed by atoms with Gasteiger partial charge in [-0.05, 0) is 24.1 Å². The molecule has 1 amide bonds. The predicted octanol–water partition coefficient (Wildman–Crippen LogP) is 3.49. The monoisotopic (exact) mass is 297 g/mol. The van der Waals surface area contributed by atoms with Crippen molar-refractivity contribution in [2.75, 3.05) is 6.61 Å². The third-order valence-electron chi connectivity index (χ3n) is 2.61. The van der Waals surface area contributed by atoms with Crippen LogP contribution in [0, 0.1) is 6.92 Å². The number of alkyl carbamates (subject to hydrolysis) is 1. The van der Waals surface area contributed by atoms with Gasteiger partial charge in [0.1, 0.15) is 6.04 Å². The fraction of sp³-hybridized carbons (Fsp3) is 0.364. The lowest BCUT2D eigenvalue weighted by Crippen LogP contribution is -2.49. The van der Waals surface area contributed by atoms with Gasteiger partial charge in [0.15, 0.2) is 6.61 Å². The predicted molar refractivity (Wildman–Crippen MR) is 65.6 cm³/mol. The van der Waals surface area contributed by atoms with Crippen LogP contribution < -0.4 is 5.32 Å². The van der Waals surface area contributed by atoms with Crippen molar-refractivity contribution in [1.29, 1.82) is 0 Å². The maximum absolute atomic E-state index is 13.6. The average Bonchev–Trinajstić information content (AvgIpc) is 2.26. The van der Waals surface area contributed by atoms with Gasteiger partial charge in [-0.25, -0.2) is 13.6 Å². The molecule has 0 saturated carbocycles. The van der Waals surface area contributed by atoms with E-state index < -0.39 is 24.7 Å². The lowest BCUT2D eigenvalue weighted by molar-refractivity contribution is -0.104. The molecule has 2 rings (SSSR count). The Bertz CT molecular complexity index is 468. The number of halogens is 4. The van der Waals surface area contributed by atoms with Gasteiger partial charge in [0.2, 0.25) is 0 Å². The summed E-state index contributed by atoms with van der Waals surface area (Å²) in [6.07, 6.45) is -0.849. The average molecular weight is 298 g/mol. The number of cyclic esters (lactones) is 1. The molecule has 1 aromatic rings. The number of aryl methyl sites for hydroxylation is 1. The molecule has 1 saturated heterocycles. The Labute approximate surface area is 114 Å². The number of nitrogens with one attached hydrogen (secondary N) is 1. The van der Waals surface area contributed by atoms with Crippen molar-refractivity contribution in [3.8, 4) is 0 Å². The molecule has 3 nitrogen and oxygen atoms in total. The van der Waals surface area contributed by atoms with E-state index in [1.165, 1.54) is 12.1 Å². The molecule has 1 atom stereocenters. The van der Waals surface area contributed by atoms with E-state index in [1.807, 2.05) is 0 Å². The summed E-state index contributed by atoms with van der Waals surface area (Å²) in [5.74, 6) is -3.15. The van der Waals surface area contributed by atoms with E-state index in [0.717, 1.165) is 5.56 Å². The zero-order valence-electron chi connectivity index (χ0n) is 9.38. The highest BCUT2D eigenvalue weighted by molar-refractivity contribution is 6.31. The summed E-state index contributed by atoms with van der Waals surface area (Å²) in [6, 6.07) is 3.18. The molecule has 18 heavy (non-hydrogen) atoms. The first-order valence-corrected chi connectivity index (χ1v) is 5.35. The molecule has 0 aliphatic carbocycles. The lowest BCUT2D eigenvalue weighted by Gasteiger charge is -2.31. The molecule has 1 aliphatic heterocycles. The van der Waals surface area contributed by atoms with Crippen LogP contribution in [0.3, 0.4) is 0 Å². The van der Waals surface area contributed by atoms with Crippen LogP contribution in [-0.2, 0) is 4.74 Å². The second kappa shape index (κ2) is 5.28. The zero-order valence-corrected chi connectivity index (χ0v) is 10.9. The fourth-order valence-electron chi connectivity index (χ4n) is 1.63. The van der Waals surface area contributed by atoms with Crippen molar-refractivity contribution in [1.82, 2.24) is 5.32 Å². The third kappa shape index (κ3) is 2.84. The van der Waals surface area contributed by atoms with Crippen molar-refractivity contribution in [2.45, 2.75) is 18.9 Å². The number of rotatable bonds is 1. The number of amides is 1.